The maximum absolute atomic E-state index is 12.8. The Labute approximate surface area is 159 Å². The normalized spacial score (nSPS) is 16.9. The molecular formula is C22H22N4O. The minimum Gasteiger partial charge on any atom is -0.338 e. The third kappa shape index (κ3) is 3.87. The standard InChI is InChI=1S/C22H22N4O/c1-16-5-2-6-17(11-16)20-13-24-14-21(25-20)19-8-4-10-26(15-19)22(27)18-7-3-9-23-12-18/h2-3,5-7,9,11-14,19H,4,8,10,15H2,1H3/t19-/m0/s1. The summed E-state index contributed by atoms with van der Waals surface area (Å²) in [5, 5.41) is 0. The summed E-state index contributed by atoms with van der Waals surface area (Å²) in [7, 11) is 0. The Bertz CT molecular complexity index is 942. The van der Waals surface area contributed by atoms with Gasteiger partial charge in [-0.15, -0.1) is 0 Å². The quantitative estimate of drug-likeness (QED) is 0.713. The van der Waals surface area contributed by atoms with Crippen LogP contribution in [-0.2, 0) is 0 Å². The molecule has 3 heterocycles. The molecule has 0 saturated carbocycles. The molecule has 5 nitrogen and oxygen atoms in total. The van der Waals surface area contributed by atoms with E-state index in [0.29, 0.717) is 12.1 Å². The fourth-order valence-corrected chi connectivity index (χ4v) is 3.60. The predicted octanol–water partition coefficient (Wildman–Crippen LogP) is 3.87. The third-order valence-electron chi connectivity index (χ3n) is 5.00. The van der Waals surface area contributed by atoms with Crippen molar-refractivity contribution in [3.8, 4) is 11.3 Å². The zero-order chi connectivity index (χ0) is 18.6. The first-order valence-electron chi connectivity index (χ1n) is 9.29. The highest BCUT2D eigenvalue weighted by Gasteiger charge is 2.26. The van der Waals surface area contributed by atoms with E-state index in [1.165, 1.54) is 5.56 Å². The van der Waals surface area contributed by atoms with E-state index < -0.39 is 0 Å². The van der Waals surface area contributed by atoms with Crippen LogP contribution in [0.15, 0.2) is 61.2 Å². The molecule has 1 aliphatic rings. The fraction of sp³-hybridized carbons (Fsp3) is 0.273. The maximum atomic E-state index is 12.8. The Kier molecular flexibility index (Phi) is 4.92. The second kappa shape index (κ2) is 7.66. The summed E-state index contributed by atoms with van der Waals surface area (Å²) in [6.45, 7) is 3.51. The number of rotatable bonds is 3. The lowest BCUT2D eigenvalue weighted by atomic mass is 9.94. The Morgan fingerprint density at radius 1 is 1.11 bits per heavy atom. The van der Waals surface area contributed by atoms with Crippen molar-refractivity contribution in [3.63, 3.8) is 0 Å². The van der Waals surface area contributed by atoms with Crippen molar-refractivity contribution in [3.05, 3.63) is 78.0 Å². The zero-order valence-electron chi connectivity index (χ0n) is 15.4. The minimum atomic E-state index is 0.0376. The molecule has 27 heavy (non-hydrogen) atoms. The van der Waals surface area contributed by atoms with E-state index in [4.69, 9.17) is 4.98 Å². The van der Waals surface area contributed by atoms with Gasteiger partial charge in [-0.1, -0.05) is 23.8 Å². The molecule has 2 aromatic heterocycles. The summed E-state index contributed by atoms with van der Waals surface area (Å²) >= 11 is 0. The molecule has 1 amide bonds. The lowest BCUT2D eigenvalue weighted by molar-refractivity contribution is 0.0705. The van der Waals surface area contributed by atoms with Crippen molar-refractivity contribution in [2.24, 2.45) is 0 Å². The number of carbonyl (C=O) groups excluding carboxylic acids is 1. The summed E-state index contributed by atoms with van der Waals surface area (Å²) in [4.78, 5) is 28.0. The largest absolute Gasteiger partial charge is 0.338 e. The number of benzene rings is 1. The van der Waals surface area contributed by atoms with Crippen molar-refractivity contribution >= 4 is 5.91 Å². The van der Waals surface area contributed by atoms with Crippen LogP contribution in [0, 0.1) is 6.92 Å². The van der Waals surface area contributed by atoms with E-state index in [-0.39, 0.29) is 11.8 Å². The van der Waals surface area contributed by atoms with Gasteiger partial charge in [-0.2, -0.15) is 0 Å². The van der Waals surface area contributed by atoms with Gasteiger partial charge in [-0.05, 0) is 38.0 Å². The van der Waals surface area contributed by atoms with Gasteiger partial charge in [0.15, 0.2) is 0 Å². The van der Waals surface area contributed by atoms with Gasteiger partial charge in [0.1, 0.15) is 0 Å². The first-order chi connectivity index (χ1) is 13.2. The number of likely N-dealkylation sites (tertiary alicyclic amines) is 1. The van der Waals surface area contributed by atoms with Gasteiger partial charge in [-0.3, -0.25) is 14.8 Å². The Morgan fingerprint density at radius 2 is 2.04 bits per heavy atom. The van der Waals surface area contributed by atoms with E-state index in [1.54, 1.807) is 24.7 Å². The molecule has 3 aromatic rings. The van der Waals surface area contributed by atoms with Crippen LogP contribution < -0.4 is 0 Å². The van der Waals surface area contributed by atoms with E-state index in [2.05, 4.69) is 35.1 Å². The van der Waals surface area contributed by atoms with Gasteiger partial charge in [0.2, 0.25) is 0 Å². The first-order valence-corrected chi connectivity index (χ1v) is 9.29. The second-order valence-corrected chi connectivity index (χ2v) is 7.03. The van der Waals surface area contributed by atoms with Crippen molar-refractivity contribution in [2.75, 3.05) is 13.1 Å². The van der Waals surface area contributed by atoms with Crippen LogP contribution in [0.25, 0.3) is 11.3 Å². The van der Waals surface area contributed by atoms with Crippen LogP contribution in [0.1, 0.15) is 40.4 Å². The summed E-state index contributed by atoms with van der Waals surface area (Å²) in [6.07, 6.45) is 8.93. The molecule has 1 aromatic carbocycles. The molecule has 0 bridgehead atoms. The van der Waals surface area contributed by atoms with Gasteiger partial charge in [0.25, 0.3) is 5.91 Å². The highest BCUT2D eigenvalue weighted by molar-refractivity contribution is 5.94. The molecule has 1 fully saturated rings. The van der Waals surface area contributed by atoms with Gasteiger partial charge in [-0.25, -0.2) is 4.98 Å². The van der Waals surface area contributed by atoms with E-state index >= 15 is 0 Å². The van der Waals surface area contributed by atoms with Crippen molar-refractivity contribution in [1.29, 1.82) is 0 Å². The van der Waals surface area contributed by atoms with Crippen LogP contribution in [0.4, 0.5) is 0 Å². The molecule has 0 unspecified atom stereocenters. The number of aryl methyl sites for hydroxylation is 1. The number of piperidine rings is 1. The summed E-state index contributed by atoms with van der Waals surface area (Å²) in [6, 6.07) is 11.9. The smallest absolute Gasteiger partial charge is 0.255 e. The topological polar surface area (TPSA) is 59.0 Å². The van der Waals surface area contributed by atoms with Crippen LogP contribution in [-0.4, -0.2) is 38.8 Å². The van der Waals surface area contributed by atoms with E-state index in [1.807, 2.05) is 23.2 Å². The molecule has 1 aliphatic heterocycles. The van der Waals surface area contributed by atoms with E-state index in [0.717, 1.165) is 36.3 Å². The van der Waals surface area contributed by atoms with Crippen LogP contribution in [0.5, 0.6) is 0 Å². The predicted molar refractivity (Wildman–Crippen MR) is 104 cm³/mol. The second-order valence-electron chi connectivity index (χ2n) is 7.03. The summed E-state index contributed by atoms with van der Waals surface area (Å²) < 4.78 is 0. The van der Waals surface area contributed by atoms with Crippen LogP contribution in [0.3, 0.4) is 0 Å². The van der Waals surface area contributed by atoms with Crippen molar-refractivity contribution in [2.45, 2.75) is 25.7 Å². The van der Waals surface area contributed by atoms with E-state index in [9.17, 15) is 4.79 Å². The van der Waals surface area contributed by atoms with Crippen molar-refractivity contribution in [1.82, 2.24) is 19.9 Å². The molecule has 136 valence electrons. The first kappa shape index (κ1) is 17.3. The maximum Gasteiger partial charge on any atom is 0.255 e. The monoisotopic (exact) mass is 358 g/mol. The number of hydrogen-bond acceptors (Lipinski definition) is 4. The number of amides is 1. The highest BCUT2D eigenvalue weighted by atomic mass is 16.2. The highest BCUT2D eigenvalue weighted by Crippen LogP contribution is 2.28. The molecule has 1 saturated heterocycles. The Morgan fingerprint density at radius 3 is 2.85 bits per heavy atom. The molecule has 1 atom stereocenters. The van der Waals surface area contributed by atoms with Crippen LogP contribution in [0.2, 0.25) is 0 Å². The van der Waals surface area contributed by atoms with Gasteiger partial charge >= 0.3 is 0 Å². The number of nitrogens with zero attached hydrogens (tertiary/aromatic N) is 4. The average Bonchev–Trinajstić information content (AvgIpc) is 2.74. The SMILES string of the molecule is Cc1cccc(-c2cncc([C@H]3CCCN(C(=O)c4cccnc4)C3)n2)c1. The van der Waals surface area contributed by atoms with Gasteiger partial charge in [0, 0.05) is 43.2 Å². The number of aromatic nitrogens is 3. The summed E-state index contributed by atoms with van der Waals surface area (Å²) in [5.41, 5.74) is 4.75. The number of carbonyl (C=O) groups is 1. The minimum absolute atomic E-state index is 0.0376. The van der Waals surface area contributed by atoms with Gasteiger partial charge in [0.05, 0.1) is 23.1 Å². The van der Waals surface area contributed by atoms with Crippen LogP contribution >= 0.6 is 0 Å². The van der Waals surface area contributed by atoms with Crippen molar-refractivity contribution < 1.29 is 4.79 Å². The molecule has 4 rings (SSSR count). The molecule has 0 aliphatic carbocycles. The molecule has 5 heteroatoms. The molecule has 0 radical (unpaired) electrons. The zero-order valence-corrected chi connectivity index (χ0v) is 15.4. The number of hydrogen-bond donors (Lipinski definition) is 0. The molecule has 0 spiro atoms. The fourth-order valence-electron chi connectivity index (χ4n) is 3.60. The molecule has 0 N–H and O–H groups in total. The Hall–Kier alpha value is -3.08. The lowest BCUT2D eigenvalue weighted by Crippen LogP contribution is -2.39. The lowest BCUT2D eigenvalue weighted by Gasteiger charge is -2.32. The number of pyridine rings is 1. The Balaban J connectivity index is 1.55. The third-order valence-corrected chi connectivity index (χ3v) is 5.00. The molecular weight excluding hydrogens is 336 g/mol. The average molecular weight is 358 g/mol. The van der Waals surface area contributed by atoms with Gasteiger partial charge < -0.3 is 4.90 Å². The summed E-state index contributed by atoms with van der Waals surface area (Å²) in [5.74, 6) is 0.243.